The molecule has 3 nitrogen and oxygen atoms in total. The Bertz CT molecular complexity index is 454. The molecule has 0 spiro atoms. The molecule has 1 amide bonds. The first kappa shape index (κ1) is 14.8. The number of amides is 1. The summed E-state index contributed by atoms with van der Waals surface area (Å²) in [6.45, 7) is 5.70. The summed E-state index contributed by atoms with van der Waals surface area (Å²) in [5.74, 6) is 0.339. The van der Waals surface area contributed by atoms with Crippen LogP contribution in [0.4, 0.5) is 0 Å². The molecular formula is C14H21ClN2OS. The summed E-state index contributed by atoms with van der Waals surface area (Å²) < 4.78 is 0. The number of halogens is 1. The fourth-order valence-corrected chi connectivity index (χ4v) is 3.93. The van der Waals surface area contributed by atoms with Gasteiger partial charge in [-0.2, -0.15) is 0 Å². The van der Waals surface area contributed by atoms with E-state index in [0.29, 0.717) is 5.91 Å². The summed E-state index contributed by atoms with van der Waals surface area (Å²) in [5, 5.41) is 5.51. The van der Waals surface area contributed by atoms with Gasteiger partial charge in [0.25, 0.3) is 0 Å². The second kappa shape index (κ2) is 5.81. The quantitative estimate of drug-likeness (QED) is 0.864. The molecule has 106 valence electrons. The van der Waals surface area contributed by atoms with E-state index in [4.69, 9.17) is 0 Å². The van der Waals surface area contributed by atoms with Gasteiger partial charge >= 0.3 is 0 Å². The van der Waals surface area contributed by atoms with Crippen molar-refractivity contribution in [1.29, 1.82) is 0 Å². The Hall–Kier alpha value is -0.580. The number of carbonyl (C=O) groups excluding carboxylic acids is 1. The molecule has 1 unspecified atom stereocenters. The fraction of sp³-hybridized carbons (Fsp3) is 0.643. The molecule has 0 aromatic carbocycles. The van der Waals surface area contributed by atoms with E-state index in [-0.39, 0.29) is 17.8 Å². The standard InChI is InChI=1S/C14H20N2OS.ClH/c1-14(5-2-6-15-10-14)13(17)16-7-3-12-11(9-16)4-8-18-12;/h4,8,15H,2-3,5-7,9-10H2,1H3;1H. The Labute approximate surface area is 124 Å². The highest BCUT2D eigenvalue weighted by Crippen LogP contribution is 2.31. The molecule has 1 aromatic rings. The van der Waals surface area contributed by atoms with E-state index in [1.807, 2.05) is 11.3 Å². The Kier molecular flexibility index (Phi) is 4.54. The van der Waals surface area contributed by atoms with Crippen molar-refractivity contribution in [3.8, 4) is 0 Å². The second-order valence-corrected chi connectivity index (χ2v) is 6.69. The smallest absolute Gasteiger partial charge is 0.230 e. The van der Waals surface area contributed by atoms with Crippen LogP contribution in [0.15, 0.2) is 11.4 Å². The van der Waals surface area contributed by atoms with Gasteiger partial charge in [-0.1, -0.05) is 0 Å². The van der Waals surface area contributed by atoms with Crippen molar-refractivity contribution in [2.75, 3.05) is 19.6 Å². The summed E-state index contributed by atoms with van der Waals surface area (Å²) in [6, 6.07) is 2.17. The molecule has 2 aliphatic heterocycles. The first-order chi connectivity index (χ1) is 8.69. The molecule has 0 bridgehead atoms. The van der Waals surface area contributed by atoms with Gasteiger partial charge in [-0.3, -0.25) is 4.79 Å². The number of nitrogens with one attached hydrogen (secondary N) is 1. The first-order valence-electron chi connectivity index (χ1n) is 6.74. The third-order valence-electron chi connectivity index (χ3n) is 4.21. The minimum absolute atomic E-state index is 0. The van der Waals surface area contributed by atoms with E-state index >= 15 is 0 Å². The van der Waals surface area contributed by atoms with Crippen molar-refractivity contribution in [1.82, 2.24) is 10.2 Å². The number of thiophene rings is 1. The van der Waals surface area contributed by atoms with Crippen LogP contribution in [-0.2, 0) is 17.8 Å². The molecule has 2 aliphatic rings. The molecular weight excluding hydrogens is 280 g/mol. The normalized spacial score (nSPS) is 26.5. The zero-order valence-corrected chi connectivity index (χ0v) is 12.9. The molecule has 1 aromatic heterocycles. The predicted octanol–water partition coefficient (Wildman–Crippen LogP) is 2.44. The van der Waals surface area contributed by atoms with Gasteiger partial charge in [0.2, 0.25) is 5.91 Å². The average Bonchev–Trinajstić information content (AvgIpc) is 2.86. The summed E-state index contributed by atoms with van der Waals surface area (Å²) in [6.07, 6.45) is 3.16. The van der Waals surface area contributed by atoms with Gasteiger partial charge in [-0.15, -0.1) is 23.7 Å². The molecule has 1 saturated heterocycles. The number of piperidine rings is 1. The lowest BCUT2D eigenvalue weighted by Crippen LogP contribution is -2.51. The number of hydrogen-bond donors (Lipinski definition) is 1. The number of nitrogens with zero attached hydrogens (tertiary/aromatic N) is 1. The minimum Gasteiger partial charge on any atom is -0.337 e. The molecule has 1 fully saturated rings. The van der Waals surface area contributed by atoms with Crippen molar-refractivity contribution < 1.29 is 4.79 Å². The third kappa shape index (κ3) is 2.81. The van der Waals surface area contributed by atoms with E-state index in [9.17, 15) is 4.79 Å². The van der Waals surface area contributed by atoms with Crippen LogP contribution in [0, 0.1) is 5.41 Å². The lowest BCUT2D eigenvalue weighted by Gasteiger charge is -2.38. The highest BCUT2D eigenvalue weighted by Gasteiger charge is 2.38. The number of hydrogen-bond acceptors (Lipinski definition) is 3. The van der Waals surface area contributed by atoms with Crippen LogP contribution >= 0.6 is 23.7 Å². The van der Waals surface area contributed by atoms with Gasteiger partial charge in [0, 0.05) is 24.5 Å². The van der Waals surface area contributed by atoms with Gasteiger partial charge in [-0.25, -0.2) is 0 Å². The molecule has 1 atom stereocenters. The van der Waals surface area contributed by atoms with E-state index < -0.39 is 0 Å². The molecule has 0 radical (unpaired) electrons. The maximum absolute atomic E-state index is 12.7. The van der Waals surface area contributed by atoms with Crippen molar-refractivity contribution in [3.63, 3.8) is 0 Å². The Balaban J connectivity index is 0.00000133. The molecule has 3 rings (SSSR count). The van der Waals surface area contributed by atoms with E-state index in [2.05, 4.69) is 28.6 Å². The maximum atomic E-state index is 12.7. The minimum atomic E-state index is -0.189. The van der Waals surface area contributed by atoms with Crippen LogP contribution < -0.4 is 5.32 Å². The molecule has 0 saturated carbocycles. The molecule has 19 heavy (non-hydrogen) atoms. The van der Waals surface area contributed by atoms with Crippen LogP contribution in [0.1, 0.15) is 30.2 Å². The third-order valence-corrected chi connectivity index (χ3v) is 5.23. The van der Waals surface area contributed by atoms with Crippen LogP contribution in [0.5, 0.6) is 0 Å². The van der Waals surface area contributed by atoms with Gasteiger partial charge in [0.1, 0.15) is 0 Å². The monoisotopic (exact) mass is 300 g/mol. The van der Waals surface area contributed by atoms with Gasteiger partial charge < -0.3 is 10.2 Å². The lowest BCUT2D eigenvalue weighted by atomic mass is 9.81. The van der Waals surface area contributed by atoms with Gasteiger partial charge in [-0.05, 0) is 49.7 Å². The molecule has 0 aliphatic carbocycles. The first-order valence-corrected chi connectivity index (χ1v) is 7.62. The zero-order valence-electron chi connectivity index (χ0n) is 11.3. The van der Waals surface area contributed by atoms with E-state index in [1.54, 1.807) is 0 Å². The van der Waals surface area contributed by atoms with Gasteiger partial charge in [0.05, 0.1) is 5.41 Å². The summed E-state index contributed by atoms with van der Waals surface area (Å²) in [4.78, 5) is 16.2. The summed E-state index contributed by atoms with van der Waals surface area (Å²) in [7, 11) is 0. The summed E-state index contributed by atoms with van der Waals surface area (Å²) >= 11 is 1.82. The van der Waals surface area contributed by atoms with Crippen LogP contribution in [0.2, 0.25) is 0 Å². The summed E-state index contributed by atoms with van der Waals surface area (Å²) in [5.41, 5.74) is 1.16. The number of carbonyl (C=O) groups is 1. The van der Waals surface area contributed by atoms with Crippen molar-refractivity contribution in [2.45, 2.75) is 32.7 Å². The number of rotatable bonds is 1. The molecule has 5 heteroatoms. The van der Waals surface area contributed by atoms with Crippen molar-refractivity contribution in [2.24, 2.45) is 5.41 Å². The molecule has 1 N–H and O–H groups in total. The van der Waals surface area contributed by atoms with Crippen molar-refractivity contribution in [3.05, 3.63) is 21.9 Å². The Morgan fingerprint density at radius 3 is 3.11 bits per heavy atom. The Morgan fingerprint density at radius 1 is 1.53 bits per heavy atom. The lowest BCUT2D eigenvalue weighted by molar-refractivity contribution is -0.143. The topological polar surface area (TPSA) is 32.3 Å². The fourth-order valence-electron chi connectivity index (χ4n) is 3.04. The largest absolute Gasteiger partial charge is 0.337 e. The number of fused-ring (bicyclic) bond motifs is 1. The Morgan fingerprint density at radius 2 is 2.37 bits per heavy atom. The van der Waals surface area contributed by atoms with E-state index in [1.165, 1.54) is 10.4 Å². The van der Waals surface area contributed by atoms with Crippen LogP contribution in [0.3, 0.4) is 0 Å². The predicted molar refractivity (Wildman–Crippen MR) is 80.9 cm³/mol. The highest BCUT2D eigenvalue weighted by molar-refractivity contribution is 7.10. The van der Waals surface area contributed by atoms with E-state index in [0.717, 1.165) is 45.4 Å². The zero-order chi connectivity index (χ0) is 12.6. The highest BCUT2D eigenvalue weighted by atomic mass is 35.5. The van der Waals surface area contributed by atoms with Crippen molar-refractivity contribution >= 4 is 29.7 Å². The van der Waals surface area contributed by atoms with Crippen LogP contribution in [0.25, 0.3) is 0 Å². The van der Waals surface area contributed by atoms with Gasteiger partial charge in [0.15, 0.2) is 0 Å². The maximum Gasteiger partial charge on any atom is 0.230 e. The van der Waals surface area contributed by atoms with Crippen LogP contribution in [-0.4, -0.2) is 30.4 Å². The second-order valence-electron chi connectivity index (χ2n) is 5.69. The average molecular weight is 301 g/mol. The molecule has 3 heterocycles. The SMILES string of the molecule is CC1(C(=O)N2CCc3sccc3C2)CCCNC1.Cl.